The van der Waals surface area contributed by atoms with Crippen LogP contribution in [-0.2, 0) is 0 Å². The zero-order valence-corrected chi connectivity index (χ0v) is 13.1. The zero-order chi connectivity index (χ0) is 17.7. The minimum absolute atomic E-state index is 0.343. The van der Waals surface area contributed by atoms with Gasteiger partial charge in [-0.05, 0) is 18.2 Å². The molecule has 0 saturated carbocycles. The fourth-order valence-electron chi connectivity index (χ4n) is 3.28. The summed E-state index contributed by atoms with van der Waals surface area (Å²) >= 11 is 0. The number of nitrogens with one attached hydrogen (secondary N) is 1. The molecule has 0 bridgehead atoms. The minimum atomic E-state index is -4.52. The highest BCUT2D eigenvalue weighted by Gasteiger charge is 2.63. The Morgan fingerprint density at radius 2 is 1.72 bits per heavy atom. The van der Waals surface area contributed by atoms with Crippen molar-refractivity contribution in [1.29, 1.82) is 5.26 Å². The molecule has 1 aliphatic heterocycles. The molecule has 1 aliphatic rings. The van der Waals surface area contributed by atoms with Crippen LogP contribution in [0, 0.1) is 16.7 Å². The molecule has 1 N–H and O–H groups in total. The van der Waals surface area contributed by atoms with Crippen molar-refractivity contribution in [3.05, 3.63) is 54.6 Å². The number of nitriles is 1. The van der Waals surface area contributed by atoms with Gasteiger partial charge in [-0.3, -0.25) is 0 Å². The molecule has 0 unspecified atom stereocenters. The van der Waals surface area contributed by atoms with Crippen molar-refractivity contribution in [1.82, 2.24) is 4.98 Å². The second kappa shape index (κ2) is 5.28. The highest BCUT2D eigenvalue weighted by molar-refractivity contribution is 5.89. The third-order valence-electron chi connectivity index (χ3n) is 4.74. The van der Waals surface area contributed by atoms with Crippen LogP contribution in [0.2, 0.25) is 0 Å². The minimum Gasteiger partial charge on any atom is -0.367 e. The summed E-state index contributed by atoms with van der Waals surface area (Å²) in [4.78, 5) is 4.92. The number of aromatic amines is 1. The van der Waals surface area contributed by atoms with E-state index in [1.807, 2.05) is 42.5 Å². The molecule has 0 radical (unpaired) electrons. The number of hydrogen-bond acceptors (Lipinski definition) is 2. The number of halogens is 3. The SMILES string of the molecule is N#CC1(C(F)(F)F)CN(c2ccccc2-c2cc3ccccc3[nH]2)C1. The van der Waals surface area contributed by atoms with Crippen molar-refractivity contribution < 1.29 is 13.2 Å². The first-order valence-corrected chi connectivity index (χ1v) is 7.84. The summed E-state index contributed by atoms with van der Waals surface area (Å²) < 4.78 is 39.5. The normalized spacial score (nSPS) is 16.5. The van der Waals surface area contributed by atoms with E-state index in [0.29, 0.717) is 5.69 Å². The lowest BCUT2D eigenvalue weighted by Gasteiger charge is -2.48. The largest absolute Gasteiger partial charge is 0.410 e. The molecule has 126 valence electrons. The van der Waals surface area contributed by atoms with Crippen LogP contribution in [0.25, 0.3) is 22.2 Å². The number of aromatic nitrogens is 1. The maximum absolute atomic E-state index is 13.2. The van der Waals surface area contributed by atoms with Gasteiger partial charge in [0.2, 0.25) is 0 Å². The summed E-state index contributed by atoms with van der Waals surface area (Å²) in [6.07, 6.45) is -4.52. The molecule has 6 heteroatoms. The fourth-order valence-corrected chi connectivity index (χ4v) is 3.28. The molecule has 2 heterocycles. The zero-order valence-electron chi connectivity index (χ0n) is 13.1. The van der Waals surface area contributed by atoms with Gasteiger partial charge in [0.25, 0.3) is 0 Å². The molecular weight excluding hydrogens is 327 g/mol. The van der Waals surface area contributed by atoms with E-state index >= 15 is 0 Å². The number of nitrogens with zero attached hydrogens (tertiary/aromatic N) is 2. The van der Waals surface area contributed by atoms with Crippen LogP contribution in [0.1, 0.15) is 0 Å². The van der Waals surface area contributed by atoms with Crippen molar-refractivity contribution in [2.45, 2.75) is 6.18 Å². The van der Waals surface area contributed by atoms with Gasteiger partial charge in [-0.15, -0.1) is 0 Å². The van der Waals surface area contributed by atoms with Crippen LogP contribution in [0.3, 0.4) is 0 Å². The van der Waals surface area contributed by atoms with Crippen molar-refractivity contribution in [2.75, 3.05) is 18.0 Å². The molecule has 1 aromatic heterocycles. The molecule has 0 atom stereocenters. The topological polar surface area (TPSA) is 42.8 Å². The molecule has 2 aromatic carbocycles. The Bertz CT molecular complexity index is 942. The molecule has 0 amide bonds. The molecule has 0 spiro atoms. The van der Waals surface area contributed by atoms with E-state index in [9.17, 15) is 13.2 Å². The number of H-pyrrole nitrogens is 1. The highest BCUT2D eigenvalue weighted by Crippen LogP contribution is 2.48. The summed E-state index contributed by atoms with van der Waals surface area (Å²) in [6.45, 7) is -0.686. The third-order valence-corrected chi connectivity index (χ3v) is 4.74. The molecule has 4 rings (SSSR count). The third kappa shape index (κ3) is 2.35. The van der Waals surface area contributed by atoms with Crippen molar-refractivity contribution in [2.24, 2.45) is 5.41 Å². The predicted molar refractivity (Wildman–Crippen MR) is 90.0 cm³/mol. The number of benzene rings is 2. The van der Waals surface area contributed by atoms with E-state index in [1.54, 1.807) is 17.0 Å². The van der Waals surface area contributed by atoms with E-state index in [4.69, 9.17) is 5.26 Å². The van der Waals surface area contributed by atoms with Crippen LogP contribution < -0.4 is 4.90 Å². The van der Waals surface area contributed by atoms with Crippen molar-refractivity contribution >= 4 is 16.6 Å². The lowest BCUT2D eigenvalue weighted by atomic mass is 9.79. The molecule has 3 aromatic rings. The Balaban J connectivity index is 1.71. The monoisotopic (exact) mass is 341 g/mol. The number of hydrogen-bond donors (Lipinski definition) is 1. The Morgan fingerprint density at radius 1 is 1.04 bits per heavy atom. The van der Waals surface area contributed by atoms with Crippen LogP contribution in [0.5, 0.6) is 0 Å². The van der Waals surface area contributed by atoms with E-state index in [-0.39, 0.29) is 13.1 Å². The lowest BCUT2D eigenvalue weighted by Crippen LogP contribution is -2.63. The lowest BCUT2D eigenvalue weighted by molar-refractivity contribution is -0.209. The number of rotatable bonds is 2. The summed E-state index contributed by atoms with van der Waals surface area (Å²) in [5, 5.41) is 10.1. The van der Waals surface area contributed by atoms with Gasteiger partial charge in [-0.1, -0.05) is 36.4 Å². The summed E-state index contributed by atoms with van der Waals surface area (Å²) in [5.41, 5.74) is 1.06. The van der Waals surface area contributed by atoms with Gasteiger partial charge in [0.15, 0.2) is 5.41 Å². The second-order valence-electron chi connectivity index (χ2n) is 6.34. The Hall–Kier alpha value is -2.94. The predicted octanol–water partition coefficient (Wildman–Crippen LogP) is 4.73. The first-order valence-electron chi connectivity index (χ1n) is 7.84. The average molecular weight is 341 g/mol. The van der Waals surface area contributed by atoms with Crippen LogP contribution in [-0.4, -0.2) is 24.2 Å². The molecule has 0 aliphatic carbocycles. The van der Waals surface area contributed by atoms with Gasteiger partial charge in [0.1, 0.15) is 0 Å². The molecule has 1 fully saturated rings. The first kappa shape index (κ1) is 15.6. The Labute approximate surface area is 142 Å². The van der Waals surface area contributed by atoms with Gasteiger partial charge in [0.05, 0.1) is 6.07 Å². The molecule has 3 nitrogen and oxygen atoms in total. The number of anilines is 1. The van der Waals surface area contributed by atoms with Gasteiger partial charge in [-0.25, -0.2) is 0 Å². The second-order valence-corrected chi connectivity index (χ2v) is 6.34. The standard InChI is InChI=1S/C19H14F3N3/c20-19(21,22)18(10-23)11-25(12-18)17-8-4-2-6-14(17)16-9-13-5-1-3-7-15(13)24-16/h1-9,24H,11-12H2. The smallest absolute Gasteiger partial charge is 0.367 e. The van der Waals surface area contributed by atoms with E-state index in [1.165, 1.54) is 6.07 Å². The molecule has 1 saturated heterocycles. The van der Waals surface area contributed by atoms with Crippen molar-refractivity contribution in [3.63, 3.8) is 0 Å². The maximum Gasteiger partial charge on any atom is 0.410 e. The Kier molecular flexibility index (Phi) is 3.29. The van der Waals surface area contributed by atoms with Crippen LogP contribution in [0.15, 0.2) is 54.6 Å². The quantitative estimate of drug-likeness (QED) is 0.732. The van der Waals surface area contributed by atoms with E-state index in [0.717, 1.165) is 22.2 Å². The Morgan fingerprint density at radius 3 is 2.40 bits per heavy atom. The maximum atomic E-state index is 13.2. The van der Waals surface area contributed by atoms with Gasteiger partial charge >= 0.3 is 6.18 Å². The summed E-state index contributed by atoms with van der Waals surface area (Å²) in [6, 6.07) is 18.5. The van der Waals surface area contributed by atoms with Crippen molar-refractivity contribution in [3.8, 4) is 17.3 Å². The number of para-hydroxylation sites is 2. The number of alkyl halides is 3. The van der Waals surface area contributed by atoms with E-state index in [2.05, 4.69) is 4.98 Å². The van der Waals surface area contributed by atoms with Crippen LogP contribution in [0.4, 0.5) is 18.9 Å². The van der Waals surface area contributed by atoms with Gasteiger partial charge in [-0.2, -0.15) is 18.4 Å². The molecular formula is C19H14F3N3. The first-order chi connectivity index (χ1) is 11.9. The average Bonchev–Trinajstić information content (AvgIpc) is 2.97. The highest BCUT2D eigenvalue weighted by atomic mass is 19.4. The van der Waals surface area contributed by atoms with Gasteiger partial charge in [0, 0.05) is 40.9 Å². The van der Waals surface area contributed by atoms with Gasteiger partial charge < -0.3 is 9.88 Å². The fraction of sp³-hybridized carbons (Fsp3) is 0.211. The summed E-state index contributed by atoms with van der Waals surface area (Å²) in [7, 11) is 0. The number of fused-ring (bicyclic) bond motifs is 1. The molecule has 25 heavy (non-hydrogen) atoms. The van der Waals surface area contributed by atoms with Crippen LogP contribution >= 0.6 is 0 Å². The summed E-state index contributed by atoms with van der Waals surface area (Å²) in [5.74, 6) is 0. The van der Waals surface area contributed by atoms with E-state index < -0.39 is 11.6 Å².